The van der Waals surface area contributed by atoms with E-state index >= 15 is 0 Å². The summed E-state index contributed by atoms with van der Waals surface area (Å²) >= 11 is 0. The topological polar surface area (TPSA) is 64.7 Å². The van der Waals surface area contributed by atoms with Crippen LogP contribution in [0.5, 0.6) is 0 Å². The quantitative estimate of drug-likeness (QED) is 0.765. The van der Waals surface area contributed by atoms with Crippen molar-refractivity contribution in [1.82, 2.24) is 15.3 Å². The number of anilines is 1. The van der Waals surface area contributed by atoms with Gasteiger partial charge in [-0.25, -0.2) is 13.8 Å². The van der Waals surface area contributed by atoms with Crippen LogP contribution in [-0.4, -0.2) is 54.9 Å². The number of nitrogens with one attached hydrogen (secondary N) is 2. The fraction of sp³-hybridized carbons (Fsp3) is 0.385. The average molecular weight is 298 g/mol. The molecule has 1 fully saturated rings. The Labute approximate surface area is 120 Å². The molecule has 1 aliphatic rings. The number of benzene rings is 1. The molecular weight excluding hydrogens is 282 g/mol. The van der Waals surface area contributed by atoms with Gasteiger partial charge in [-0.1, -0.05) is 0 Å². The standard InChI is InChI=1S/C13H16F2N4O2/c1-18-4-6-19(7-5-18)17-13(21)12(20)16-11-8-9(14)2-3-10(11)15/h2-3,8H,4-7H2,1H3,(H,16,20)(H,17,21). The van der Waals surface area contributed by atoms with Crippen LogP contribution >= 0.6 is 0 Å². The van der Waals surface area contributed by atoms with Gasteiger partial charge >= 0.3 is 11.8 Å². The fourth-order valence-corrected chi connectivity index (χ4v) is 1.88. The summed E-state index contributed by atoms with van der Waals surface area (Å²) in [4.78, 5) is 25.5. The van der Waals surface area contributed by atoms with Crippen molar-refractivity contribution in [2.45, 2.75) is 0 Å². The van der Waals surface area contributed by atoms with Crippen molar-refractivity contribution in [3.8, 4) is 0 Å². The molecule has 1 aromatic carbocycles. The van der Waals surface area contributed by atoms with Crippen molar-refractivity contribution in [3.05, 3.63) is 29.8 Å². The molecule has 1 saturated heterocycles. The van der Waals surface area contributed by atoms with E-state index in [2.05, 4.69) is 10.3 Å². The summed E-state index contributed by atoms with van der Waals surface area (Å²) in [5.41, 5.74) is 2.07. The predicted molar refractivity (Wildman–Crippen MR) is 72.2 cm³/mol. The number of hydrogen-bond acceptors (Lipinski definition) is 4. The van der Waals surface area contributed by atoms with Gasteiger partial charge in [0.25, 0.3) is 0 Å². The molecular formula is C13H16F2N4O2. The number of amides is 2. The minimum atomic E-state index is -1.04. The first-order chi connectivity index (χ1) is 9.95. The van der Waals surface area contributed by atoms with E-state index in [1.807, 2.05) is 12.4 Å². The van der Waals surface area contributed by atoms with E-state index in [9.17, 15) is 18.4 Å². The second-order valence-electron chi connectivity index (χ2n) is 4.81. The summed E-state index contributed by atoms with van der Waals surface area (Å²) in [5.74, 6) is -3.47. The molecule has 0 unspecified atom stereocenters. The average Bonchev–Trinajstić information content (AvgIpc) is 2.45. The summed E-state index contributed by atoms with van der Waals surface area (Å²) in [6.45, 7) is 2.70. The fourth-order valence-electron chi connectivity index (χ4n) is 1.88. The molecule has 0 spiro atoms. The molecule has 2 rings (SSSR count). The zero-order valence-electron chi connectivity index (χ0n) is 11.5. The van der Waals surface area contributed by atoms with E-state index in [1.54, 1.807) is 5.01 Å². The number of hydrogen-bond donors (Lipinski definition) is 2. The molecule has 114 valence electrons. The number of rotatable bonds is 2. The van der Waals surface area contributed by atoms with Gasteiger partial charge in [0.05, 0.1) is 5.69 Å². The Morgan fingerprint density at radius 1 is 1.10 bits per heavy atom. The number of likely N-dealkylation sites (N-methyl/N-ethyl adjacent to an activating group) is 1. The van der Waals surface area contributed by atoms with Crippen LogP contribution in [0.1, 0.15) is 0 Å². The van der Waals surface area contributed by atoms with Crippen molar-refractivity contribution in [1.29, 1.82) is 0 Å². The molecule has 6 nitrogen and oxygen atoms in total. The molecule has 0 atom stereocenters. The van der Waals surface area contributed by atoms with Gasteiger partial charge in [-0.2, -0.15) is 0 Å². The van der Waals surface area contributed by atoms with Crippen LogP contribution in [0.4, 0.5) is 14.5 Å². The van der Waals surface area contributed by atoms with Crippen molar-refractivity contribution in [3.63, 3.8) is 0 Å². The lowest BCUT2D eigenvalue weighted by molar-refractivity contribution is -0.139. The van der Waals surface area contributed by atoms with Crippen LogP contribution in [0.2, 0.25) is 0 Å². The van der Waals surface area contributed by atoms with Crippen LogP contribution in [0.3, 0.4) is 0 Å². The maximum Gasteiger partial charge on any atom is 0.323 e. The Balaban J connectivity index is 1.90. The first-order valence-electron chi connectivity index (χ1n) is 6.46. The van der Waals surface area contributed by atoms with E-state index in [1.165, 1.54) is 0 Å². The van der Waals surface area contributed by atoms with Gasteiger partial charge in [-0.15, -0.1) is 0 Å². The van der Waals surface area contributed by atoms with Crippen LogP contribution in [0.25, 0.3) is 0 Å². The number of carbonyl (C=O) groups excluding carboxylic acids is 2. The highest BCUT2D eigenvalue weighted by Crippen LogP contribution is 2.14. The van der Waals surface area contributed by atoms with Crippen LogP contribution < -0.4 is 10.7 Å². The third-order valence-corrected chi connectivity index (χ3v) is 3.15. The number of halogens is 2. The van der Waals surface area contributed by atoms with Gasteiger partial charge in [-0.3, -0.25) is 15.0 Å². The Hall–Kier alpha value is -2.06. The van der Waals surface area contributed by atoms with Crippen LogP contribution in [0, 0.1) is 11.6 Å². The van der Waals surface area contributed by atoms with E-state index in [0.29, 0.717) is 13.1 Å². The summed E-state index contributed by atoms with van der Waals surface area (Å²) in [5, 5.41) is 3.66. The molecule has 0 radical (unpaired) electrons. The Morgan fingerprint density at radius 2 is 1.76 bits per heavy atom. The minimum absolute atomic E-state index is 0.367. The van der Waals surface area contributed by atoms with Gasteiger partial charge < -0.3 is 10.2 Å². The molecule has 0 aromatic heterocycles. The lowest BCUT2D eigenvalue weighted by Crippen LogP contribution is -2.54. The van der Waals surface area contributed by atoms with Gasteiger partial charge in [0, 0.05) is 32.2 Å². The normalized spacial score (nSPS) is 16.5. The number of piperazine rings is 1. The highest BCUT2D eigenvalue weighted by atomic mass is 19.1. The number of hydrazine groups is 1. The summed E-state index contributed by atoms with van der Waals surface area (Å²) < 4.78 is 26.3. The third kappa shape index (κ3) is 4.20. The monoisotopic (exact) mass is 298 g/mol. The van der Waals surface area contributed by atoms with E-state index in [-0.39, 0.29) is 5.69 Å². The lowest BCUT2D eigenvalue weighted by Gasteiger charge is -2.32. The van der Waals surface area contributed by atoms with Gasteiger partial charge in [-0.05, 0) is 19.2 Å². The second kappa shape index (κ2) is 6.59. The van der Waals surface area contributed by atoms with Crippen molar-refractivity contribution in [2.75, 3.05) is 38.5 Å². The SMILES string of the molecule is CN1CCN(NC(=O)C(=O)Nc2cc(F)ccc2F)CC1. The molecule has 0 aliphatic carbocycles. The largest absolute Gasteiger partial charge is 0.323 e. The number of nitrogens with zero attached hydrogens (tertiary/aromatic N) is 2. The Kier molecular flexibility index (Phi) is 4.81. The Bertz CT molecular complexity index is 545. The molecule has 0 bridgehead atoms. The smallest absolute Gasteiger partial charge is 0.315 e. The first kappa shape index (κ1) is 15.3. The molecule has 0 saturated carbocycles. The lowest BCUT2D eigenvalue weighted by atomic mass is 10.3. The molecule has 1 aliphatic heterocycles. The van der Waals surface area contributed by atoms with Gasteiger partial charge in [0.2, 0.25) is 0 Å². The van der Waals surface area contributed by atoms with Gasteiger partial charge in [0.1, 0.15) is 11.6 Å². The van der Waals surface area contributed by atoms with Gasteiger partial charge in [0.15, 0.2) is 0 Å². The zero-order chi connectivity index (χ0) is 15.4. The van der Waals surface area contributed by atoms with Crippen LogP contribution in [0.15, 0.2) is 18.2 Å². The molecule has 1 aromatic rings. The van der Waals surface area contributed by atoms with E-state index < -0.39 is 23.4 Å². The summed E-state index contributed by atoms with van der Waals surface area (Å²) in [7, 11) is 1.96. The third-order valence-electron chi connectivity index (χ3n) is 3.15. The summed E-state index contributed by atoms with van der Waals surface area (Å²) in [6, 6.07) is 2.62. The molecule has 2 N–H and O–H groups in total. The first-order valence-corrected chi connectivity index (χ1v) is 6.46. The second-order valence-corrected chi connectivity index (χ2v) is 4.81. The zero-order valence-corrected chi connectivity index (χ0v) is 11.5. The molecule has 21 heavy (non-hydrogen) atoms. The molecule has 2 amide bonds. The predicted octanol–water partition coefficient (Wildman–Crippen LogP) is 0.182. The van der Waals surface area contributed by atoms with Crippen molar-refractivity contribution < 1.29 is 18.4 Å². The molecule has 8 heteroatoms. The van der Waals surface area contributed by atoms with E-state index in [4.69, 9.17) is 0 Å². The van der Waals surface area contributed by atoms with Crippen molar-refractivity contribution >= 4 is 17.5 Å². The Morgan fingerprint density at radius 3 is 2.43 bits per heavy atom. The highest BCUT2D eigenvalue weighted by molar-refractivity contribution is 6.39. The van der Waals surface area contributed by atoms with Crippen molar-refractivity contribution in [2.24, 2.45) is 0 Å². The van der Waals surface area contributed by atoms with Crippen LogP contribution in [-0.2, 0) is 9.59 Å². The van der Waals surface area contributed by atoms with E-state index in [0.717, 1.165) is 31.3 Å². The maximum atomic E-state index is 13.4. The number of carbonyl (C=O) groups is 2. The minimum Gasteiger partial charge on any atom is -0.315 e. The summed E-state index contributed by atoms with van der Waals surface area (Å²) in [6.07, 6.45) is 0. The maximum absolute atomic E-state index is 13.4. The molecule has 1 heterocycles. The highest BCUT2D eigenvalue weighted by Gasteiger charge is 2.21.